The van der Waals surface area contributed by atoms with Gasteiger partial charge in [0.05, 0.1) is 12.1 Å². The lowest BCUT2D eigenvalue weighted by atomic mass is 10.2. The van der Waals surface area contributed by atoms with Gasteiger partial charge in [0.1, 0.15) is 0 Å². The van der Waals surface area contributed by atoms with Crippen LogP contribution >= 0.6 is 11.3 Å². The zero-order chi connectivity index (χ0) is 16.9. The fourth-order valence-electron chi connectivity index (χ4n) is 2.73. The molecule has 0 amide bonds. The highest BCUT2D eigenvalue weighted by Crippen LogP contribution is 2.18. The highest BCUT2D eigenvalue weighted by molar-refractivity contribution is 7.10. The first-order valence-corrected chi connectivity index (χ1v) is 8.89. The molecule has 0 spiro atoms. The summed E-state index contributed by atoms with van der Waals surface area (Å²) in [5.41, 5.74) is 2.80. The zero-order valence-electron chi connectivity index (χ0n) is 14.0. The molecule has 0 aliphatic heterocycles. The highest BCUT2D eigenvalue weighted by Gasteiger charge is 2.12. The number of para-hydroxylation sites is 2. The number of methoxy groups -OCH3 is 1. The lowest BCUT2D eigenvalue weighted by Gasteiger charge is -2.21. The molecule has 3 aromatic rings. The molecule has 3 rings (SSSR count). The van der Waals surface area contributed by atoms with E-state index >= 15 is 0 Å². The van der Waals surface area contributed by atoms with E-state index in [-0.39, 0.29) is 5.76 Å². The van der Waals surface area contributed by atoms with Gasteiger partial charge < -0.3 is 9.15 Å². The van der Waals surface area contributed by atoms with Gasteiger partial charge in [-0.1, -0.05) is 12.1 Å². The monoisotopic (exact) mass is 346 g/mol. The van der Waals surface area contributed by atoms with Gasteiger partial charge in [-0.15, -0.1) is 11.3 Å². The standard InChI is InChI=1S/C18H22N2O3S/c1-14-7-12-24-17(14)13-19(10-11-22-2)8-9-20-15-5-3-4-6-16(15)23-18(20)21/h3-7,12H,8-11,13H2,1-2H3. The lowest BCUT2D eigenvalue weighted by Crippen LogP contribution is -2.32. The predicted molar refractivity (Wildman–Crippen MR) is 96.7 cm³/mol. The minimum atomic E-state index is -0.296. The molecule has 2 heterocycles. The Balaban J connectivity index is 1.73. The van der Waals surface area contributed by atoms with E-state index in [1.54, 1.807) is 23.0 Å². The Hall–Kier alpha value is -1.89. The largest absolute Gasteiger partial charge is 0.419 e. The zero-order valence-corrected chi connectivity index (χ0v) is 14.8. The van der Waals surface area contributed by atoms with E-state index in [2.05, 4.69) is 23.3 Å². The summed E-state index contributed by atoms with van der Waals surface area (Å²) in [6.07, 6.45) is 0. The topological polar surface area (TPSA) is 47.6 Å². The first kappa shape index (κ1) is 17.0. The molecule has 0 aliphatic rings. The van der Waals surface area contributed by atoms with E-state index < -0.39 is 0 Å². The Morgan fingerprint density at radius 3 is 2.83 bits per heavy atom. The third kappa shape index (κ3) is 3.77. The van der Waals surface area contributed by atoms with Gasteiger partial charge in [-0.3, -0.25) is 9.47 Å². The van der Waals surface area contributed by atoms with Crippen molar-refractivity contribution in [2.24, 2.45) is 0 Å². The van der Waals surface area contributed by atoms with Gasteiger partial charge in [0.15, 0.2) is 5.58 Å². The fourth-order valence-corrected chi connectivity index (χ4v) is 3.67. The van der Waals surface area contributed by atoms with E-state index in [1.807, 2.05) is 24.3 Å². The SMILES string of the molecule is COCCN(CCn1c(=O)oc2ccccc21)Cc1sccc1C. The number of aryl methyl sites for hydroxylation is 1. The Morgan fingerprint density at radius 2 is 2.08 bits per heavy atom. The number of fused-ring (bicyclic) bond motifs is 1. The smallest absolute Gasteiger partial charge is 0.408 e. The predicted octanol–water partition coefficient (Wildman–Crippen LogP) is 3.11. The van der Waals surface area contributed by atoms with Crippen molar-refractivity contribution in [3.63, 3.8) is 0 Å². The van der Waals surface area contributed by atoms with E-state index in [0.717, 1.165) is 25.2 Å². The minimum absolute atomic E-state index is 0.296. The van der Waals surface area contributed by atoms with Crippen LogP contribution < -0.4 is 5.76 Å². The van der Waals surface area contributed by atoms with E-state index in [1.165, 1.54) is 10.4 Å². The van der Waals surface area contributed by atoms with Crippen LogP contribution in [0.1, 0.15) is 10.4 Å². The lowest BCUT2D eigenvalue weighted by molar-refractivity contribution is 0.141. The number of nitrogens with zero attached hydrogens (tertiary/aromatic N) is 2. The molecule has 6 heteroatoms. The maximum Gasteiger partial charge on any atom is 0.419 e. The first-order chi connectivity index (χ1) is 11.7. The molecule has 24 heavy (non-hydrogen) atoms. The van der Waals surface area contributed by atoms with Gasteiger partial charge >= 0.3 is 5.76 Å². The maximum absolute atomic E-state index is 12.1. The van der Waals surface area contributed by atoms with Crippen molar-refractivity contribution >= 4 is 22.4 Å². The molecule has 0 radical (unpaired) electrons. The van der Waals surface area contributed by atoms with Crippen molar-refractivity contribution < 1.29 is 9.15 Å². The third-order valence-corrected chi connectivity index (χ3v) is 5.17. The normalized spacial score (nSPS) is 11.6. The van der Waals surface area contributed by atoms with Gasteiger partial charge in [0, 0.05) is 38.2 Å². The van der Waals surface area contributed by atoms with E-state index in [0.29, 0.717) is 18.7 Å². The summed E-state index contributed by atoms with van der Waals surface area (Å²) in [4.78, 5) is 15.8. The number of hydrogen-bond acceptors (Lipinski definition) is 5. The van der Waals surface area contributed by atoms with Crippen molar-refractivity contribution in [3.05, 3.63) is 56.7 Å². The number of oxazole rings is 1. The molecule has 0 bridgehead atoms. The van der Waals surface area contributed by atoms with Crippen molar-refractivity contribution in [1.29, 1.82) is 0 Å². The Bertz CT molecular complexity index is 849. The summed E-state index contributed by atoms with van der Waals surface area (Å²) in [6, 6.07) is 9.68. The van der Waals surface area contributed by atoms with Gasteiger partial charge in [0.2, 0.25) is 0 Å². The molecule has 0 saturated carbocycles. The number of hydrogen-bond donors (Lipinski definition) is 0. The number of thiophene rings is 1. The van der Waals surface area contributed by atoms with Crippen LogP contribution in [0.25, 0.3) is 11.1 Å². The summed E-state index contributed by atoms with van der Waals surface area (Å²) in [5, 5.41) is 2.12. The van der Waals surface area contributed by atoms with Crippen LogP contribution in [-0.4, -0.2) is 36.3 Å². The fraction of sp³-hybridized carbons (Fsp3) is 0.389. The molecule has 2 aromatic heterocycles. The van der Waals surface area contributed by atoms with Crippen LogP contribution in [0.3, 0.4) is 0 Å². The van der Waals surface area contributed by atoms with Crippen LogP contribution in [-0.2, 0) is 17.8 Å². The highest BCUT2D eigenvalue weighted by atomic mass is 32.1. The van der Waals surface area contributed by atoms with Crippen LogP contribution in [0, 0.1) is 6.92 Å². The molecule has 0 atom stereocenters. The van der Waals surface area contributed by atoms with Gasteiger partial charge in [-0.05, 0) is 36.1 Å². The molecule has 128 valence electrons. The number of benzene rings is 1. The first-order valence-electron chi connectivity index (χ1n) is 8.01. The van der Waals surface area contributed by atoms with Crippen molar-refractivity contribution in [2.75, 3.05) is 26.8 Å². The van der Waals surface area contributed by atoms with Crippen LogP contribution in [0.2, 0.25) is 0 Å². The Morgan fingerprint density at radius 1 is 1.25 bits per heavy atom. The van der Waals surface area contributed by atoms with E-state index in [9.17, 15) is 4.79 Å². The number of ether oxygens (including phenoxy) is 1. The quantitative estimate of drug-likeness (QED) is 0.629. The molecule has 0 fully saturated rings. The number of aromatic nitrogens is 1. The van der Waals surface area contributed by atoms with Crippen molar-refractivity contribution in [1.82, 2.24) is 9.47 Å². The molecule has 0 unspecified atom stereocenters. The summed E-state index contributed by atoms with van der Waals surface area (Å²) in [5.74, 6) is -0.296. The molecular weight excluding hydrogens is 324 g/mol. The molecule has 1 aromatic carbocycles. The van der Waals surface area contributed by atoms with Gasteiger partial charge in [0.25, 0.3) is 0 Å². The Kier molecular flexibility index (Phi) is 5.50. The molecule has 0 N–H and O–H groups in total. The summed E-state index contributed by atoms with van der Waals surface area (Å²) in [7, 11) is 1.71. The summed E-state index contributed by atoms with van der Waals surface area (Å²) < 4.78 is 12.2. The average molecular weight is 346 g/mol. The summed E-state index contributed by atoms with van der Waals surface area (Å²) in [6.45, 7) is 5.88. The van der Waals surface area contributed by atoms with E-state index in [4.69, 9.17) is 9.15 Å². The second-order valence-corrected chi connectivity index (χ2v) is 6.78. The van der Waals surface area contributed by atoms with Crippen LogP contribution in [0.15, 0.2) is 44.9 Å². The van der Waals surface area contributed by atoms with Crippen LogP contribution in [0.4, 0.5) is 0 Å². The maximum atomic E-state index is 12.1. The van der Waals surface area contributed by atoms with Crippen LogP contribution in [0.5, 0.6) is 0 Å². The minimum Gasteiger partial charge on any atom is -0.408 e. The average Bonchev–Trinajstić information content (AvgIpc) is 3.12. The second-order valence-electron chi connectivity index (χ2n) is 5.78. The molecule has 0 saturated heterocycles. The second kappa shape index (κ2) is 7.79. The Labute approximate surface area is 145 Å². The summed E-state index contributed by atoms with van der Waals surface area (Å²) >= 11 is 1.77. The van der Waals surface area contributed by atoms with Gasteiger partial charge in [-0.2, -0.15) is 0 Å². The third-order valence-electron chi connectivity index (χ3n) is 4.16. The van der Waals surface area contributed by atoms with Crippen molar-refractivity contribution in [3.8, 4) is 0 Å². The molecular formula is C18H22N2O3S. The number of rotatable bonds is 8. The molecule has 0 aliphatic carbocycles. The van der Waals surface area contributed by atoms with Crippen molar-refractivity contribution in [2.45, 2.75) is 20.0 Å². The van der Waals surface area contributed by atoms with Gasteiger partial charge in [-0.25, -0.2) is 4.79 Å². The molecule has 5 nitrogen and oxygen atoms in total.